The van der Waals surface area contributed by atoms with E-state index in [1.54, 1.807) is 54.6 Å². The van der Waals surface area contributed by atoms with Crippen molar-refractivity contribution in [2.45, 2.75) is 6.04 Å². The summed E-state index contributed by atoms with van der Waals surface area (Å²) in [6.45, 7) is 0. The molecule has 0 bridgehead atoms. The van der Waals surface area contributed by atoms with E-state index >= 15 is 0 Å². The second kappa shape index (κ2) is 7.02. The van der Waals surface area contributed by atoms with E-state index < -0.39 is 22.0 Å². The fourth-order valence-electron chi connectivity index (χ4n) is 1.87. The van der Waals surface area contributed by atoms with Gasteiger partial charge >= 0.3 is 0 Å². The molecule has 0 aliphatic carbocycles. The van der Waals surface area contributed by atoms with Crippen LogP contribution in [-0.2, 0) is 14.8 Å². The van der Waals surface area contributed by atoms with Crippen LogP contribution in [0.2, 0.25) is 0 Å². The van der Waals surface area contributed by atoms with Crippen LogP contribution in [0.5, 0.6) is 0 Å². The summed E-state index contributed by atoms with van der Waals surface area (Å²) in [7, 11) is -3.80. The lowest BCUT2D eigenvalue weighted by Crippen LogP contribution is -2.36. The quantitative estimate of drug-likeness (QED) is 0.851. The Labute approximate surface area is 129 Å². The van der Waals surface area contributed by atoms with E-state index in [9.17, 15) is 13.2 Å². The fourth-order valence-corrected chi connectivity index (χ4v) is 2.87. The van der Waals surface area contributed by atoms with E-state index in [4.69, 9.17) is 5.73 Å². The van der Waals surface area contributed by atoms with Gasteiger partial charge in [-0.15, -0.1) is 0 Å². The van der Waals surface area contributed by atoms with Crippen molar-refractivity contribution in [3.05, 3.63) is 77.2 Å². The minimum atomic E-state index is -3.80. The highest BCUT2D eigenvalue weighted by Crippen LogP contribution is 2.14. The number of nitrogens with one attached hydrogen (secondary N) is 1. The van der Waals surface area contributed by atoms with Gasteiger partial charge in [-0.25, -0.2) is 8.42 Å². The summed E-state index contributed by atoms with van der Waals surface area (Å²) in [5, 5.41) is 1.02. The second-order valence-corrected chi connectivity index (χ2v) is 6.22. The number of rotatable bonds is 6. The normalized spacial score (nSPS) is 13.1. The van der Waals surface area contributed by atoms with E-state index in [1.807, 2.05) is 6.07 Å². The zero-order chi connectivity index (χ0) is 16.0. The fraction of sp³-hybridized carbons (Fsp3) is 0.0625. The maximum atomic E-state index is 12.1. The van der Waals surface area contributed by atoms with E-state index in [2.05, 4.69) is 4.72 Å². The molecule has 0 fully saturated rings. The molecule has 0 aliphatic heterocycles. The molecule has 2 rings (SSSR count). The Morgan fingerprint density at radius 3 is 2.09 bits per heavy atom. The molecule has 5 nitrogen and oxygen atoms in total. The van der Waals surface area contributed by atoms with Crippen LogP contribution in [0.15, 0.2) is 66.1 Å². The van der Waals surface area contributed by atoms with Crippen molar-refractivity contribution in [3.8, 4) is 0 Å². The summed E-state index contributed by atoms with van der Waals surface area (Å²) in [5.74, 6) is -0.761. The van der Waals surface area contributed by atoms with Crippen molar-refractivity contribution in [1.29, 1.82) is 0 Å². The number of sulfonamides is 1. The summed E-state index contributed by atoms with van der Waals surface area (Å²) in [4.78, 5) is 11.5. The zero-order valence-corrected chi connectivity index (χ0v) is 12.5. The Balaban J connectivity index is 2.19. The molecule has 0 unspecified atom stereocenters. The van der Waals surface area contributed by atoms with Gasteiger partial charge in [-0.1, -0.05) is 60.7 Å². The molecule has 0 saturated carbocycles. The van der Waals surface area contributed by atoms with Gasteiger partial charge in [0.1, 0.15) is 6.04 Å². The van der Waals surface area contributed by atoms with Gasteiger partial charge in [0.15, 0.2) is 0 Å². The van der Waals surface area contributed by atoms with Crippen LogP contribution in [0.25, 0.3) is 6.08 Å². The van der Waals surface area contributed by atoms with Crippen LogP contribution in [0.3, 0.4) is 0 Å². The maximum absolute atomic E-state index is 12.1. The molecule has 1 amide bonds. The minimum absolute atomic E-state index is 0.492. The van der Waals surface area contributed by atoms with E-state index in [0.717, 1.165) is 11.0 Å². The monoisotopic (exact) mass is 316 g/mol. The molecule has 0 saturated heterocycles. The van der Waals surface area contributed by atoms with Gasteiger partial charge in [-0.05, 0) is 17.2 Å². The topological polar surface area (TPSA) is 89.3 Å². The molecule has 6 heteroatoms. The van der Waals surface area contributed by atoms with Gasteiger partial charge < -0.3 is 5.73 Å². The Bertz CT molecular complexity index is 756. The van der Waals surface area contributed by atoms with Gasteiger partial charge in [-0.3, -0.25) is 4.79 Å². The number of carbonyl (C=O) groups is 1. The first kappa shape index (κ1) is 15.9. The lowest BCUT2D eigenvalue weighted by Gasteiger charge is -2.14. The highest BCUT2D eigenvalue weighted by molar-refractivity contribution is 7.92. The molecule has 0 radical (unpaired) electrons. The standard InChI is InChI=1S/C16H16N2O3S/c17-16(19)15(14-9-5-2-6-10-14)18-22(20,21)12-11-13-7-3-1-4-8-13/h1-12,15,18H,(H2,17,19)/b12-11+/t15-/m0/s1. The molecular formula is C16H16N2O3S. The average Bonchev–Trinajstić information content (AvgIpc) is 2.52. The molecule has 22 heavy (non-hydrogen) atoms. The van der Waals surface area contributed by atoms with Crippen LogP contribution < -0.4 is 10.5 Å². The van der Waals surface area contributed by atoms with E-state index in [0.29, 0.717) is 5.56 Å². The first-order chi connectivity index (χ1) is 10.5. The van der Waals surface area contributed by atoms with Crippen molar-refractivity contribution >= 4 is 22.0 Å². The summed E-state index contributed by atoms with van der Waals surface area (Å²) < 4.78 is 26.5. The molecule has 3 N–H and O–H groups in total. The second-order valence-electron chi connectivity index (χ2n) is 4.62. The van der Waals surface area contributed by atoms with E-state index in [-0.39, 0.29) is 0 Å². The molecule has 0 aromatic heterocycles. The number of amides is 1. The van der Waals surface area contributed by atoms with Crippen molar-refractivity contribution in [2.75, 3.05) is 0 Å². The van der Waals surface area contributed by atoms with Crippen LogP contribution >= 0.6 is 0 Å². The van der Waals surface area contributed by atoms with Gasteiger partial charge in [0.05, 0.1) is 0 Å². The molecule has 0 heterocycles. The molecule has 2 aromatic rings. The molecule has 114 valence electrons. The lowest BCUT2D eigenvalue weighted by atomic mass is 10.1. The smallest absolute Gasteiger partial charge is 0.240 e. The van der Waals surface area contributed by atoms with Gasteiger partial charge in [0.2, 0.25) is 15.9 Å². The first-order valence-corrected chi connectivity index (χ1v) is 8.12. The molecule has 2 aromatic carbocycles. The van der Waals surface area contributed by atoms with Crippen molar-refractivity contribution in [2.24, 2.45) is 5.73 Å². The third kappa shape index (κ3) is 4.54. The summed E-state index contributed by atoms with van der Waals surface area (Å²) in [5.41, 5.74) is 6.52. The number of hydrogen-bond donors (Lipinski definition) is 2. The third-order valence-electron chi connectivity index (χ3n) is 2.94. The van der Waals surface area contributed by atoms with Crippen molar-refractivity contribution in [1.82, 2.24) is 4.72 Å². The SMILES string of the molecule is NC(=O)[C@@H](NS(=O)(=O)/C=C/c1ccccc1)c1ccccc1. The maximum Gasteiger partial charge on any atom is 0.240 e. The molecule has 0 spiro atoms. The first-order valence-electron chi connectivity index (χ1n) is 6.58. The summed E-state index contributed by atoms with van der Waals surface area (Å²) in [6.07, 6.45) is 1.45. The number of primary amides is 1. The van der Waals surface area contributed by atoms with Crippen LogP contribution in [0.1, 0.15) is 17.2 Å². The van der Waals surface area contributed by atoms with Crippen molar-refractivity contribution < 1.29 is 13.2 Å². The van der Waals surface area contributed by atoms with Crippen LogP contribution in [0.4, 0.5) is 0 Å². The Kier molecular flexibility index (Phi) is 5.08. The van der Waals surface area contributed by atoms with E-state index in [1.165, 1.54) is 6.08 Å². The minimum Gasteiger partial charge on any atom is -0.368 e. The number of hydrogen-bond acceptors (Lipinski definition) is 3. The largest absolute Gasteiger partial charge is 0.368 e. The van der Waals surface area contributed by atoms with Gasteiger partial charge in [0, 0.05) is 5.41 Å². The lowest BCUT2D eigenvalue weighted by molar-refractivity contribution is -0.119. The highest BCUT2D eigenvalue weighted by atomic mass is 32.2. The number of nitrogens with two attached hydrogens (primary N) is 1. The highest BCUT2D eigenvalue weighted by Gasteiger charge is 2.22. The molecular weight excluding hydrogens is 300 g/mol. The van der Waals surface area contributed by atoms with Crippen LogP contribution in [-0.4, -0.2) is 14.3 Å². The predicted molar refractivity (Wildman–Crippen MR) is 85.9 cm³/mol. The Hall–Kier alpha value is -2.44. The molecule has 0 aliphatic rings. The predicted octanol–water partition coefficient (Wildman–Crippen LogP) is 1.80. The number of carbonyl (C=O) groups excluding carboxylic acids is 1. The average molecular weight is 316 g/mol. The number of benzene rings is 2. The third-order valence-corrected chi connectivity index (χ3v) is 4.00. The molecule has 1 atom stereocenters. The van der Waals surface area contributed by atoms with Gasteiger partial charge in [-0.2, -0.15) is 4.72 Å². The van der Waals surface area contributed by atoms with Gasteiger partial charge in [0.25, 0.3) is 0 Å². The Morgan fingerprint density at radius 2 is 1.55 bits per heavy atom. The summed E-state index contributed by atoms with van der Waals surface area (Å²) >= 11 is 0. The Morgan fingerprint density at radius 1 is 1.00 bits per heavy atom. The summed E-state index contributed by atoms with van der Waals surface area (Å²) in [6, 6.07) is 16.3. The van der Waals surface area contributed by atoms with Crippen molar-refractivity contribution in [3.63, 3.8) is 0 Å². The zero-order valence-electron chi connectivity index (χ0n) is 11.7. The van der Waals surface area contributed by atoms with Crippen LogP contribution in [0, 0.1) is 0 Å².